The van der Waals surface area contributed by atoms with Gasteiger partial charge in [0.2, 0.25) is 0 Å². The second kappa shape index (κ2) is 11.5. The highest BCUT2D eigenvalue weighted by Crippen LogP contribution is 2.37. The number of anilines is 1. The van der Waals surface area contributed by atoms with Gasteiger partial charge in [0.25, 0.3) is 0 Å². The van der Waals surface area contributed by atoms with Crippen molar-refractivity contribution in [3.63, 3.8) is 0 Å². The number of nitrogens with zero attached hydrogens (tertiary/aromatic N) is 3. The smallest absolute Gasteiger partial charge is 0.126 e. The van der Waals surface area contributed by atoms with Crippen LogP contribution in [0.4, 0.5) is 5.69 Å². The number of piperazine rings is 1. The molecule has 0 spiro atoms. The molecule has 1 unspecified atom stereocenters. The van der Waals surface area contributed by atoms with E-state index in [4.69, 9.17) is 21.6 Å². The van der Waals surface area contributed by atoms with Crippen molar-refractivity contribution in [3.8, 4) is 11.8 Å². The summed E-state index contributed by atoms with van der Waals surface area (Å²) in [6.45, 7) is 7.96. The highest BCUT2D eigenvalue weighted by Gasteiger charge is 2.33. The Bertz CT molecular complexity index is 1240. The summed E-state index contributed by atoms with van der Waals surface area (Å²) in [5.41, 5.74) is 4.29. The fourth-order valence-corrected chi connectivity index (χ4v) is 5.05. The van der Waals surface area contributed by atoms with E-state index < -0.39 is 5.60 Å². The average molecular weight is 520 g/mol. The van der Waals surface area contributed by atoms with Gasteiger partial charge in [-0.25, -0.2) is 0 Å². The molecule has 0 aromatic heterocycles. The summed E-state index contributed by atoms with van der Waals surface area (Å²) in [6.07, 6.45) is 0. The van der Waals surface area contributed by atoms with Gasteiger partial charge in [0.15, 0.2) is 0 Å². The molecule has 0 radical (unpaired) electrons. The second-order valence-corrected chi connectivity index (χ2v) is 10.6. The molecule has 1 heterocycles. The second-order valence-electron chi connectivity index (χ2n) is 10.2. The van der Waals surface area contributed by atoms with Gasteiger partial charge in [-0.2, -0.15) is 5.26 Å². The van der Waals surface area contributed by atoms with E-state index in [9.17, 15) is 10.2 Å². The first-order valence-corrected chi connectivity index (χ1v) is 12.9. The molecule has 1 saturated heterocycles. The molecule has 0 amide bonds. The van der Waals surface area contributed by atoms with Crippen molar-refractivity contribution in [3.05, 3.63) is 94.0 Å². The van der Waals surface area contributed by atoms with Crippen LogP contribution in [0.5, 0.6) is 5.75 Å². The molecule has 2 N–H and O–H groups in total. The minimum absolute atomic E-state index is 0.00898. The lowest BCUT2D eigenvalue weighted by atomic mass is 9.97. The summed E-state index contributed by atoms with van der Waals surface area (Å²) in [6, 6.07) is 23.5. The number of halogens is 1. The number of ether oxygens (including phenoxy) is 1. The number of nitriles is 1. The number of rotatable bonds is 8. The number of hydrogen-bond donors (Lipinski definition) is 2. The summed E-state index contributed by atoms with van der Waals surface area (Å²) in [5, 5.41) is 29.8. The van der Waals surface area contributed by atoms with Crippen molar-refractivity contribution in [2.24, 2.45) is 0 Å². The van der Waals surface area contributed by atoms with Crippen LogP contribution in [-0.2, 0) is 0 Å². The van der Waals surface area contributed by atoms with Crippen LogP contribution in [0.2, 0.25) is 5.02 Å². The molecular weight excluding hydrogens is 486 g/mol. The van der Waals surface area contributed by atoms with Crippen molar-refractivity contribution in [2.75, 3.05) is 37.7 Å². The molecule has 0 saturated carbocycles. The minimum atomic E-state index is -0.657. The van der Waals surface area contributed by atoms with Gasteiger partial charge in [0, 0.05) is 30.3 Å². The predicted molar refractivity (Wildman–Crippen MR) is 147 cm³/mol. The number of aryl methyl sites for hydroxylation is 1. The van der Waals surface area contributed by atoms with E-state index >= 15 is 0 Å². The van der Waals surface area contributed by atoms with Crippen LogP contribution in [0.3, 0.4) is 0 Å². The standard InChI is InChI=1S/C30H34ClN3O3/c1-21-16-26(37-30(2,3)20-36)12-13-27(21)34-15-14-33(18-28(34)23-8-10-25(31)11-9-23)29(19-35)24-6-4-22(17-32)5-7-24/h4-13,16,28-29,35-36H,14-15,18-20H2,1-3H3/t28-,29?/m0/s1. The van der Waals surface area contributed by atoms with Gasteiger partial charge in [0.1, 0.15) is 11.4 Å². The van der Waals surface area contributed by atoms with E-state index in [1.807, 2.05) is 50.2 Å². The summed E-state index contributed by atoms with van der Waals surface area (Å²) in [7, 11) is 0. The molecule has 0 aliphatic carbocycles. The molecule has 37 heavy (non-hydrogen) atoms. The van der Waals surface area contributed by atoms with Crippen LogP contribution in [0, 0.1) is 18.3 Å². The third-order valence-corrected chi connectivity index (χ3v) is 7.21. The van der Waals surface area contributed by atoms with Crippen molar-refractivity contribution in [1.29, 1.82) is 5.26 Å². The molecule has 1 aliphatic rings. The largest absolute Gasteiger partial charge is 0.485 e. The first-order chi connectivity index (χ1) is 17.7. The third kappa shape index (κ3) is 6.26. The van der Waals surface area contributed by atoms with E-state index in [0.717, 1.165) is 41.2 Å². The fraction of sp³-hybridized carbons (Fsp3) is 0.367. The Morgan fingerprint density at radius 1 is 1.05 bits per heavy atom. The molecule has 3 aromatic rings. The predicted octanol–water partition coefficient (Wildman–Crippen LogP) is 5.27. The van der Waals surface area contributed by atoms with E-state index in [1.54, 1.807) is 12.1 Å². The maximum Gasteiger partial charge on any atom is 0.126 e. The molecule has 4 rings (SSSR count). The van der Waals surface area contributed by atoms with Crippen LogP contribution in [-0.4, -0.2) is 53.6 Å². The molecule has 2 atom stereocenters. The van der Waals surface area contributed by atoms with E-state index in [2.05, 4.69) is 41.0 Å². The minimum Gasteiger partial charge on any atom is -0.485 e. The average Bonchev–Trinajstić information content (AvgIpc) is 2.90. The molecule has 0 bridgehead atoms. The summed E-state index contributed by atoms with van der Waals surface area (Å²) >= 11 is 6.21. The van der Waals surface area contributed by atoms with Gasteiger partial charge in [-0.1, -0.05) is 35.9 Å². The zero-order chi connectivity index (χ0) is 26.6. The third-order valence-electron chi connectivity index (χ3n) is 6.96. The lowest BCUT2D eigenvalue weighted by molar-refractivity contribution is 0.0412. The van der Waals surface area contributed by atoms with Gasteiger partial charge in [0.05, 0.1) is 36.9 Å². The molecule has 3 aromatic carbocycles. The SMILES string of the molecule is Cc1cc(OC(C)(C)CO)ccc1N1CCN(C(CO)c2ccc(C#N)cc2)C[C@H]1c1ccc(Cl)cc1. The maximum atomic E-state index is 10.4. The van der Waals surface area contributed by atoms with Crippen molar-refractivity contribution >= 4 is 17.3 Å². The Labute approximate surface area is 224 Å². The molecule has 1 fully saturated rings. The topological polar surface area (TPSA) is 80.0 Å². The molecule has 7 heteroatoms. The Morgan fingerprint density at radius 2 is 1.76 bits per heavy atom. The first-order valence-electron chi connectivity index (χ1n) is 12.5. The zero-order valence-electron chi connectivity index (χ0n) is 21.6. The molecule has 6 nitrogen and oxygen atoms in total. The quantitative estimate of drug-likeness (QED) is 0.422. The van der Waals surface area contributed by atoms with Gasteiger partial charge in [-0.3, -0.25) is 4.90 Å². The van der Waals surface area contributed by atoms with E-state index in [0.29, 0.717) is 17.1 Å². The zero-order valence-corrected chi connectivity index (χ0v) is 22.3. The normalized spacial score (nSPS) is 17.3. The van der Waals surface area contributed by atoms with Gasteiger partial charge >= 0.3 is 0 Å². The lowest BCUT2D eigenvalue weighted by Crippen LogP contribution is -2.50. The summed E-state index contributed by atoms with van der Waals surface area (Å²) in [5.74, 6) is 0.725. The number of aliphatic hydroxyl groups excluding tert-OH is 2. The van der Waals surface area contributed by atoms with Crippen LogP contribution in [0.1, 0.15) is 48.2 Å². The van der Waals surface area contributed by atoms with Crippen molar-refractivity contribution in [2.45, 2.75) is 38.5 Å². The fourth-order valence-electron chi connectivity index (χ4n) is 4.92. The van der Waals surface area contributed by atoms with Crippen LogP contribution < -0.4 is 9.64 Å². The lowest BCUT2D eigenvalue weighted by Gasteiger charge is -2.46. The van der Waals surface area contributed by atoms with E-state index in [1.165, 1.54) is 0 Å². The monoisotopic (exact) mass is 519 g/mol. The molecule has 194 valence electrons. The number of benzene rings is 3. The van der Waals surface area contributed by atoms with Crippen molar-refractivity contribution in [1.82, 2.24) is 4.90 Å². The highest BCUT2D eigenvalue weighted by atomic mass is 35.5. The Kier molecular flexibility index (Phi) is 8.41. The maximum absolute atomic E-state index is 10.4. The number of aliphatic hydroxyl groups is 2. The van der Waals surface area contributed by atoms with Crippen molar-refractivity contribution < 1.29 is 14.9 Å². The number of hydrogen-bond acceptors (Lipinski definition) is 6. The Hall–Kier alpha value is -3.08. The summed E-state index contributed by atoms with van der Waals surface area (Å²) < 4.78 is 5.99. The van der Waals surface area contributed by atoms with Crippen LogP contribution in [0.25, 0.3) is 0 Å². The van der Waals surface area contributed by atoms with Crippen LogP contribution >= 0.6 is 11.6 Å². The van der Waals surface area contributed by atoms with Gasteiger partial charge in [-0.15, -0.1) is 0 Å². The van der Waals surface area contributed by atoms with Gasteiger partial charge in [-0.05, 0) is 79.9 Å². The van der Waals surface area contributed by atoms with E-state index in [-0.39, 0.29) is 25.3 Å². The molecular formula is C30H34ClN3O3. The first kappa shape index (κ1) is 27.0. The van der Waals surface area contributed by atoms with Crippen LogP contribution in [0.15, 0.2) is 66.7 Å². The Balaban J connectivity index is 1.64. The Morgan fingerprint density at radius 3 is 2.35 bits per heavy atom. The molecule has 1 aliphatic heterocycles. The highest BCUT2D eigenvalue weighted by molar-refractivity contribution is 6.30. The van der Waals surface area contributed by atoms with Gasteiger partial charge < -0.3 is 19.8 Å². The summed E-state index contributed by atoms with van der Waals surface area (Å²) in [4.78, 5) is 4.72.